The van der Waals surface area contributed by atoms with Gasteiger partial charge in [0.25, 0.3) is 5.91 Å². The van der Waals surface area contributed by atoms with E-state index in [-0.39, 0.29) is 34.7 Å². The van der Waals surface area contributed by atoms with Gasteiger partial charge >= 0.3 is 0 Å². The van der Waals surface area contributed by atoms with E-state index in [0.29, 0.717) is 19.4 Å². The molecular weight excluding hydrogens is 388 g/mol. The summed E-state index contributed by atoms with van der Waals surface area (Å²) in [6, 6.07) is -0.190. The fraction of sp³-hybridized carbons (Fsp3) is 0.762. The van der Waals surface area contributed by atoms with Crippen LogP contribution in [0.4, 0.5) is 0 Å². The van der Waals surface area contributed by atoms with Crippen LogP contribution in [0.15, 0.2) is 11.3 Å². The predicted octanol–water partition coefficient (Wildman–Crippen LogP) is 2.14. The van der Waals surface area contributed by atoms with Gasteiger partial charge in [-0.25, -0.2) is 0 Å². The van der Waals surface area contributed by atoms with Gasteiger partial charge in [-0.2, -0.15) is 0 Å². The van der Waals surface area contributed by atoms with Crippen LogP contribution in [0, 0.1) is 17.8 Å². The lowest BCUT2D eigenvalue weighted by Gasteiger charge is -2.56. The number of rotatable bonds is 3. The van der Waals surface area contributed by atoms with Crippen LogP contribution in [-0.4, -0.2) is 68.7 Å². The Kier molecular flexibility index (Phi) is 4.55. The summed E-state index contributed by atoms with van der Waals surface area (Å²) >= 11 is 0. The maximum atomic E-state index is 13.0. The molecule has 0 radical (unpaired) electrons. The zero-order valence-electron chi connectivity index (χ0n) is 18.4. The first-order valence-electron chi connectivity index (χ1n) is 10.5. The Bertz CT molecular complexity index is 806. The molecule has 3 fully saturated rings. The first kappa shape index (κ1) is 20.6. The quantitative estimate of drug-likeness (QED) is 0.397. The van der Waals surface area contributed by atoms with Gasteiger partial charge in [-0.15, -0.1) is 0 Å². The number of imide groups is 1. The molecule has 3 heterocycles. The maximum absolute atomic E-state index is 13.0. The first-order valence-corrected chi connectivity index (χ1v) is 13.4. The van der Waals surface area contributed by atoms with Gasteiger partial charge in [-0.05, 0) is 30.1 Å². The van der Waals surface area contributed by atoms with Gasteiger partial charge in [0.15, 0.2) is 6.10 Å². The summed E-state index contributed by atoms with van der Waals surface area (Å²) < 4.78 is 12.2. The first-order chi connectivity index (χ1) is 13.4. The van der Waals surface area contributed by atoms with Crippen LogP contribution in [0.5, 0.6) is 0 Å². The Morgan fingerprint density at radius 2 is 1.69 bits per heavy atom. The lowest BCUT2D eigenvalue weighted by molar-refractivity contribution is -0.181. The molecule has 0 aromatic rings. The zero-order chi connectivity index (χ0) is 21.5. The second-order valence-electron chi connectivity index (χ2n) is 10.3. The number of methoxy groups -OCH3 is 1. The lowest BCUT2D eigenvalue weighted by atomic mass is 9.63. The average molecular weight is 421 g/mol. The van der Waals surface area contributed by atoms with Crippen molar-refractivity contribution in [2.45, 2.75) is 63.9 Å². The van der Waals surface area contributed by atoms with Crippen molar-refractivity contribution < 1.29 is 23.5 Å². The molecule has 29 heavy (non-hydrogen) atoms. The number of hydrogen-bond acceptors (Lipinski definition) is 5. The Morgan fingerprint density at radius 3 is 2.28 bits per heavy atom. The summed E-state index contributed by atoms with van der Waals surface area (Å²) in [5, 5.41) is 0.0292. The maximum Gasteiger partial charge on any atom is 0.254 e. The topological polar surface area (TPSA) is 76.2 Å². The number of amides is 3. The predicted molar refractivity (Wildman–Crippen MR) is 109 cm³/mol. The van der Waals surface area contributed by atoms with E-state index < -0.39 is 26.3 Å². The molecule has 4 aliphatic rings. The second kappa shape index (κ2) is 6.41. The molecule has 0 N–H and O–H groups in total. The zero-order valence-corrected chi connectivity index (χ0v) is 19.4. The van der Waals surface area contributed by atoms with Crippen LogP contribution < -0.4 is 0 Å². The van der Waals surface area contributed by atoms with Crippen molar-refractivity contribution in [3.05, 3.63) is 11.3 Å². The summed E-state index contributed by atoms with van der Waals surface area (Å²) in [6.07, 6.45) is 0.634. The molecule has 3 amide bonds. The molecule has 4 rings (SSSR count). The van der Waals surface area contributed by atoms with Crippen molar-refractivity contribution >= 4 is 26.0 Å². The highest BCUT2D eigenvalue weighted by Gasteiger charge is 2.64. The van der Waals surface area contributed by atoms with E-state index >= 15 is 0 Å². The van der Waals surface area contributed by atoms with E-state index in [1.807, 2.05) is 4.90 Å². The molecule has 0 unspecified atom stereocenters. The van der Waals surface area contributed by atoms with Crippen LogP contribution in [0.1, 0.15) is 33.6 Å². The monoisotopic (exact) mass is 420 g/mol. The van der Waals surface area contributed by atoms with Crippen LogP contribution in [0.25, 0.3) is 0 Å². The van der Waals surface area contributed by atoms with Crippen molar-refractivity contribution in [1.82, 2.24) is 9.80 Å². The largest absolute Gasteiger partial charge is 0.547 e. The van der Waals surface area contributed by atoms with E-state index in [2.05, 4.69) is 33.9 Å². The van der Waals surface area contributed by atoms with Crippen molar-refractivity contribution in [3.8, 4) is 0 Å². The minimum atomic E-state index is -2.11. The van der Waals surface area contributed by atoms with Crippen molar-refractivity contribution in [3.63, 3.8) is 0 Å². The van der Waals surface area contributed by atoms with Gasteiger partial charge in [0, 0.05) is 33.0 Å². The summed E-state index contributed by atoms with van der Waals surface area (Å²) in [4.78, 5) is 41.4. The van der Waals surface area contributed by atoms with E-state index in [1.54, 1.807) is 14.2 Å². The van der Waals surface area contributed by atoms with Crippen molar-refractivity contribution in [1.29, 1.82) is 0 Å². The van der Waals surface area contributed by atoms with Crippen molar-refractivity contribution in [2.75, 3.05) is 20.7 Å². The molecule has 0 bridgehead atoms. The molecule has 5 atom stereocenters. The number of fused-ring (bicyclic) bond motifs is 5. The third-order valence-electron chi connectivity index (χ3n) is 7.87. The molecule has 0 saturated carbocycles. The second-order valence-corrected chi connectivity index (χ2v) is 15.1. The number of β-lactam (4-membered cyclic amide) rings is 1. The van der Waals surface area contributed by atoms with Gasteiger partial charge in [-0.3, -0.25) is 19.3 Å². The minimum Gasteiger partial charge on any atom is -0.547 e. The van der Waals surface area contributed by atoms with E-state index in [0.717, 1.165) is 11.3 Å². The smallest absolute Gasteiger partial charge is 0.254 e. The minimum absolute atomic E-state index is 0.0179. The summed E-state index contributed by atoms with van der Waals surface area (Å²) in [7, 11) is 1.000. The van der Waals surface area contributed by atoms with E-state index in [4.69, 9.17) is 9.16 Å². The molecule has 8 heteroatoms. The fourth-order valence-corrected chi connectivity index (χ4v) is 6.35. The number of piperidine rings is 1. The molecule has 0 aromatic heterocycles. The van der Waals surface area contributed by atoms with Gasteiger partial charge in [0.1, 0.15) is 0 Å². The molecule has 160 valence electrons. The summed E-state index contributed by atoms with van der Waals surface area (Å²) in [5.41, 5.74) is 1.13. The SMILES string of the molecule is CO[C@H]1C(=O)N2CCC3=C(O[Si](C)(C)C(C)(C)C)C[C@@H]4C(=O)N(C)C(=O)[C@@H]4[C@@H]3[C@@H]12. The molecule has 1 aliphatic carbocycles. The van der Waals surface area contributed by atoms with Crippen LogP contribution >= 0.6 is 0 Å². The highest BCUT2D eigenvalue weighted by Crippen LogP contribution is 2.54. The molecule has 3 saturated heterocycles. The van der Waals surface area contributed by atoms with Crippen molar-refractivity contribution in [2.24, 2.45) is 17.8 Å². The molecule has 7 nitrogen and oxygen atoms in total. The van der Waals surface area contributed by atoms with Crippen LogP contribution in [-0.2, 0) is 23.5 Å². The number of ether oxygens (including phenoxy) is 1. The molecular formula is C21H32N2O5Si. The lowest BCUT2D eigenvalue weighted by Crippen LogP contribution is -2.72. The number of nitrogens with zero attached hydrogens (tertiary/aromatic N) is 2. The van der Waals surface area contributed by atoms with Gasteiger partial charge in [-0.1, -0.05) is 20.8 Å². The summed E-state index contributed by atoms with van der Waals surface area (Å²) in [5.74, 6) is -0.422. The summed E-state index contributed by atoms with van der Waals surface area (Å²) in [6.45, 7) is 11.6. The number of hydrogen-bond donors (Lipinski definition) is 0. The van der Waals surface area contributed by atoms with Gasteiger partial charge in [0.05, 0.1) is 23.6 Å². The normalized spacial score (nSPS) is 34.7. The number of carbonyl (C=O) groups excluding carboxylic acids is 3. The Labute approximate surface area is 173 Å². The van der Waals surface area contributed by atoms with E-state index in [9.17, 15) is 14.4 Å². The standard InChI is InChI=1S/C21H32N2O5Si/c1-21(2,3)29(6,7)28-13-10-12-15(19(25)22(4)18(12)24)14-11(13)8-9-23-16(14)17(27-5)20(23)26/h12,14-17H,8-10H2,1-7H3/t12-,14+,15-,16-,17+/m0/s1. The number of likely N-dealkylation sites (tertiary alicyclic amines) is 1. The number of carbonyl (C=O) groups is 3. The van der Waals surface area contributed by atoms with E-state index in [1.165, 1.54) is 4.90 Å². The highest BCUT2D eigenvalue weighted by atomic mass is 28.4. The third kappa shape index (κ3) is 2.75. The van der Waals surface area contributed by atoms with Crippen LogP contribution in [0.3, 0.4) is 0 Å². The molecule has 3 aliphatic heterocycles. The highest BCUT2D eigenvalue weighted by molar-refractivity contribution is 6.74. The molecule has 0 aromatic carbocycles. The Hall–Kier alpha value is -1.67. The van der Waals surface area contributed by atoms with Crippen LogP contribution in [0.2, 0.25) is 18.1 Å². The third-order valence-corrected chi connectivity index (χ3v) is 12.2. The van der Waals surface area contributed by atoms with Gasteiger partial charge in [0.2, 0.25) is 20.1 Å². The Morgan fingerprint density at radius 1 is 1.03 bits per heavy atom. The van der Waals surface area contributed by atoms with Gasteiger partial charge < -0.3 is 14.1 Å². The fourth-order valence-electron chi connectivity index (χ4n) is 5.21. The molecule has 0 spiro atoms. The average Bonchev–Trinajstić information content (AvgIpc) is 2.84. The number of allylic oxidation sites excluding steroid dienone is 1. The Balaban J connectivity index is 1.79.